The van der Waals surface area contributed by atoms with Crippen LogP contribution in [0.4, 0.5) is 0 Å². The molecule has 3 aliphatic carbocycles. The Morgan fingerprint density at radius 1 is 0.833 bits per heavy atom. The van der Waals surface area contributed by atoms with E-state index in [0.717, 1.165) is 44.0 Å². The normalized spacial score (nSPS) is 31.9. The van der Waals surface area contributed by atoms with Gasteiger partial charge in [0.2, 0.25) is 0 Å². The minimum atomic E-state index is -1.91. The fourth-order valence-electron chi connectivity index (χ4n) is 9.00. The summed E-state index contributed by atoms with van der Waals surface area (Å²) in [5.74, 6) is 4.06. The van der Waals surface area contributed by atoms with Crippen molar-refractivity contribution in [2.24, 2.45) is 34.5 Å². The largest absolute Gasteiger partial charge is 0.497 e. The molecule has 274 valence electrons. The van der Waals surface area contributed by atoms with Gasteiger partial charge in [-0.25, -0.2) is 0 Å². The third-order valence-electron chi connectivity index (χ3n) is 14.6. The number of hydrogen-bond acceptors (Lipinski definition) is 5. The Kier molecular flexibility index (Phi) is 12.0. The molecule has 1 aromatic rings. The smallest absolute Gasteiger partial charge is 0.192 e. The third kappa shape index (κ3) is 8.16. The highest BCUT2D eigenvalue weighted by Crippen LogP contribution is 2.63. The number of hydrogen-bond donors (Lipinski definition) is 1. The number of rotatable bonds is 12. The van der Waals surface area contributed by atoms with Crippen molar-refractivity contribution in [3.05, 3.63) is 35.9 Å². The van der Waals surface area contributed by atoms with E-state index < -0.39 is 16.6 Å². The summed E-state index contributed by atoms with van der Waals surface area (Å²) >= 11 is 0. The zero-order valence-electron chi connectivity index (χ0n) is 33.5. The van der Waals surface area contributed by atoms with Crippen LogP contribution in [-0.2, 0) is 15.4 Å². The van der Waals surface area contributed by atoms with Crippen LogP contribution in [0, 0.1) is 34.5 Å². The van der Waals surface area contributed by atoms with Crippen LogP contribution in [0.2, 0.25) is 36.3 Å². The van der Waals surface area contributed by atoms with Gasteiger partial charge in [0.1, 0.15) is 11.5 Å². The van der Waals surface area contributed by atoms with Crippen molar-refractivity contribution in [1.82, 2.24) is 5.32 Å². The number of benzene rings is 1. The molecule has 3 fully saturated rings. The average Bonchev–Trinajstić information content (AvgIpc) is 3.29. The molecule has 7 atom stereocenters. The first-order chi connectivity index (χ1) is 22.1. The standard InChI is InChI=1S/C41H73NO4Si2/c1-29-16-17-36-35(27-42-26-30-22-33(43-10)25-34(23-30)44-11)37(19-21-40(29,36)8)41(9)20-18-32(46-48(14,15)39(5,6)7)24-31(41)28-45-47(12,13)38(2,3)4/h22-23,25,31-32,35-37,42H,1,16-21,24,26-28H2,2-15H3/t31-,32?,35+,36+,37+,40-,41+/m1/s1. The lowest BCUT2D eigenvalue weighted by atomic mass is 9.49. The van der Waals surface area contributed by atoms with Gasteiger partial charge in [0.15, 0.2) is 16.6 Å². The first-order valence-electron chi connectivity index (χ1n) is 19.0. The van der Waals surface area contributed by atoms with Gasteiger partial charge in [-0.3, -0.25) is 0 Å². The Morgan fingerprint density at radius 2 is 1.44 bits per heavy atom. The van der Waals surface area contributed by atoms with Crippen LogP contribution < -0.4 is 14.8 Å². The summed E-state index contributed by atoms with van der Waals surface area (Å²) < 4.78 is 25.5. The fourth-order valence-corrected chi connectivity index (χ4v) is 11.5. The van der Waals surface area contributed by atoms with Crippen molar-refractivity contribution >= 4 is 16.6 Å². The molecule has 0 aliphatic heterocycles. The second-order valence-electron chi connectivity index (χ2n) is 19.4. The van der Waals surface area contributed by atoms with Crippen LogP contribution in [-0.4, -0.2) is 50.1 Å². The molecule has 48 heavy (non-hydrogen) atoms. The van der Waals surface area contributed by atoms with Gasteiger partial charge in [0.25, 0.3) is 0 Å². The van der Waals surface area contributed by atoms with E-state index in [4.69, 9.17) is 18.3 Å². The fraction of sp³-hybridized carbons (Fsp3) is 0.805. The van der Waals surface area contributed by atoms with Crippen molar-refractivity contribution in [2.75, 3.05) is 27.4 Å². The van der Waals surface area contributed by atoms with Crippen LogP contribution in [0.3, 0.4) is 0 Å². The monoisotopic (exact) mass is 700 g/mol. The van der Waals surface area contributed by atoms with E-state index in [1.54, 1.807) is 14.2 Å². The number of methoxy groups -OCH3 is 2. The molecule has 4 rings (SSSR count). The molecular formula is C41H73NO4Si2. The summed E-state index contributed by atoms with van der Waals surface area (Å²) in [6, 6.07) is 6.22. The summed E-state index contributed by atoms with van der Waals surface area (Å²) in [7, 11) is -0.336. The molecule has 1 unspecified atom stereocenters. The molecule has 0 bridgehead atoms. The highest BCUT2D eigenvalue weighted by molar-refractivity contribution is 6.74. The van der Waals surface area contributed by atoms with Gasteiger partial charge < -0.3 is 23.6 Å². The molecule has 3 saturated carbocycles. The van der Waals surface area contributed by atoms with Crippen molar-refractivity contribution in [3.63, 3.8) is 0 Å². The van der Waals surface area contributed by atoms with E-state index in [9.17, 15) is 0 Å². The Bertz CT molecular complexity index is 1240. The van der Waals surface area contributed by atoms with Crippen molar-refractivity contribution in [1.29, 1.82) is 0 Å². The number of allylic oxidation sites excluding steroid dienone is 1. The molecule has 1 aromatic carbocycles. The van der Waals surface area contributed by atoms with E-state index in [1.807, 2.05) is 6.07 Å². The van der Waals surface area contributed by atoms with Gasteiger partial charge in [-0.15, -0.1) is 0 Å². The van der Waals surface area contributed by atoms with Gasteiger partial charge in [-0.1, -0.05) is 67.5 Å². The third-order valence-corrected chi connectivity index (χ3v) is 23.6. The zero-order valence-corrected chi connectivity index (χ0v) is 35.5. The lowest BCUT2D eigenvalue weighted by molar-refractivity contribution is -0.0897. The Morgan fingerprint density at radius 3 is 2.00 bits per heavy atom. The maximum Gasteiger partial charge on any atom is 0.192 e. The van der Waals surface area contributed by atoms with Gasteiger partial charge >= 0.3 is 0 Å². The molecule has 0 spiro atoms. The first-order valence-corrected chi connectivity index (χ1v) is 24.8. The lowest BCUT2D eigenvalue weighted by Crippen LogP contribution is -2.55. The van der Waals surface area contributed by atoms with Gasteiger partial charge in [-0.2, -0.15) is 0 Å². The predicted molar refractivity (Wildman–Crippen MR) is 208 cm³/mol. The average molecular weight is 700 g/mol. The number of nitrogens with one attached hydrogen (secondary N) is 1. The van der Waals surface area contributed by atoms with Crippen LogP contribution in [0.5, 0.6) is 11.5 Å². The van der Waals surface area contributed by atoms with Gasteiger partial charge in [-0.05, 0) is 140 Å². The van der Waals surface area contributed by atoms with Gasteiger partial charge in [0.05, 0.1) is 14.2 Å². The zero-order chi connectivity index (χ0) is 35.9. The Balaban J connectivity index is 1.64. The Labute approximate surface area is 298 Å². The van der Waals surface area contributed by atoms with E-state index in [0.29, 0.717) is 29.8 Å². The minimum absolute atomic E-state index is 0.196. The highest BCUT2D eigenvalue weighted by Gasteiger charge is 2.57. The number of ether oxygens (including phenoxy) is 2. The second kappa shape index (κ2) is 14.5. The molecular weight excluding hydrogens is 627 g/mol. The molecule has 0 saturated heterocycles. The summed E-state index contributed by atoms with van der Waals surface area (Å²) in [5.41, 5.74) is 3.14. The molecule has 0 radical (unpaired) electrons. The van der Waals surface area contributed by atoms with Crippen LogP contribution in [0.25, 0.3) is 0 Å². The molecule has 7 heteroatoms. The van der Waals surface area contributed by atoms with Crippen LogP contribution >= 0.6 is 0 Å². The topological polar surface area (TPSA) is 49.0 Å². The predicted octanol–water partition coefficient (Wildman–Crippen LogP) is 11.0. The quantitative estimate of drug-likeness (QED) is 0.174. The van der Waals surface area contributed by atoms with E-state index >= 15 is 0 Å². The molecule has 0 heterocycles. The molecule has 0 amide bonds. The van der Waals surface area contributed by atoms with Crippen LogP contribution in [0.15, 0.2) is 30.4 Å². The van der Waals surface area contributed by atoms with Crippen molar-refractivity contribution < 1.29 is 18.3 Å². The van der Waals surface area contributed by atoms with E-state index in [-0.39, 0.29) is 20.9 Å². The molecule has 5 nitrogen and oxygen atoms in total. The summed E-state index contributed by atoms with van der Waals surface area (Å²) in [4.78, 5) is 0. The number of fused-ring (bicyclic) bond motifs is 1. The van der Waals surface area contributed by atoms with Crippen LogP contribution in [0.1, 0.15) is 106 Å². The highest BCUT2D eigenvalue weighted by atomic mass is 28.4. The molecule has 0 aromatic heterocycles. The maximum absolute atomic E-state index is 7.18. The lowest BCUT2D eigenvalue weighted by Gasteiger charge is -2.58. The SMILES string of the molecule is C=C1CC[C@H]2[C@H](CNCc3cc(OC)cc(OC)c3)[C@@H]([C@@]3(C)CCC(O[Si](C)(C)C(C)(C)C)C[C@@H]3CO[Si](C)(C)C(C)(C)C)CC[C@]12C. The van der Waals surface area contributed by atoms with E-state index in [1.165, 1.54) is 43.2 Å². The maximum atomic E-state index is 7.18. The van der Waals surface area contributed by atoms with Crippen molar-refractivity contribution in [2.45, 2.75) is 149 Å². The molecule has 3 aliphatic rings. The molecule has 1 N–H and O–H groups in total. The van der Waals surface area contributed by atoms with E-state index in [2.05, 4.69) is 106 Å². The Hall–Kier alpha value is -1.13. The minimum Gasteiger partial charge on any atom is -0.497 e. The summed E-state index contributed by atoms with van der Waals surface area (Å²) in [5, 5.41) is 4.38. The summed E-state index contributed by atoms with van der Waals surface area (Å²) in [6.07, 6.45) is 8.80. The summed E-state index contributed by atoms with van der Waals surface area (Å²) in [6.45, 7) is 36.5. The first kappa shape index (κ1) is 39.7. The van der Waals surface area contributed by atoms with Gasteiger partial charge in [0, 0.05) is 25.3 Å². The second-order valence-corrected chi connectivity index (χ2v) is 28.9. The van der Waals surface area contributed by atoms with Crippen molar-refractivity contribution in [3.8, 4) is 11.5 Å².